The summed E-state index contributed by atoms with van der Waals surface area (Å²) in [6, 6.07) is 1.96. The normalized spacial score (nSPS) is 16.5. The molecule has 1 unspecified atom stereocenters. The van der Waals surface area contributed by atoms with Gasteiger partial charge in [0.1, 0.15) is 5.65 Å². The first kappa shape index (κ1) is 13.6. The van der Waals surface area contributed by atoms with Crippen LogP contribution in [-0.4, -0.2) is 20.6 Å². The molecular weight excluding hydrogens is 264 g/mol. The van der Waals surface area contributed by atoms with E-state index in [0.29, 0.717) is 5.65 Å². The minimum Gasteiger partial charge on any atom is -0.343 e. The Bertz CT molecular complexity index is 834. The van der Waals surface area contributed by atoms with Crippen molar-refractivity contribution in [3.63, 3.8) is 0 Å². The van der Waals surface area contributed by atoms with E-state index in [1.807, 2.05) is 44.3 Å². The van der Waals surface area contributed by atoms with Crippen LogP contribution in [0.1, 0.15) is 19.0 Å². The topological polar surface area (TPSA) is 76.7 Å². The summed E-state index contributed by atoms with van der Waals surface area (Å²) in [4.78, 5) is 19.4. The molecule has 0 saturated carbocycles. The molecule has 1 aliphatic rings. The van der Waals surface area contributed by atoms with Crippen LogP contribution in [0.4, 0.5) is 0 Å². The SMILES string of the molecule is Cc1cc2cn(C3=CCC=C(C(C)N)C=C3)c(=O)nc2[nH]1. The van der Waals surface area contributed by atoms with Crippen LogP contribution in [0.2, 0.25) is 0 Å². The third-order valence-electron chi connectivity index (χ3n) is 3.57. The number of aryl methyl sites for hydroxylation is 1. The molecule has 2 heterocycles. The molecule has 108 valence electrons. The van der Waals surface area contributed by atoms with Gasteiger partial charge in [-0.3, -0.25) is 4.57 Å². The molecule has 0 aliphatic heterocycles. The Morgan fingerprint density at radius 1 is 1.38 bits per heavy atom. The van der Waals surface area contributed by atoms with Crippen LogP contribution >= 0.6 is 0 Å². The highest BCUT2D eigenvalue weighted by Gasteiger charge is 2.08. The number of nitrogens with two attached hydrogens (primary N) is 1. The maximum absolute atomic E-state index is 12.2. The first-order chi connectivity index (χ1) is 10.0. The molecule has 3 rings (SSSR count). The first-order valence-electron chi connectivity index (χ1n) is 6.98. The lowest BCUT2D eigenvalue weighted by atomic mass is 10.1. The zero-order valence-electron chi connectivity index (χ0n) is 12.1. The summed E-state index contributed by atoms with van der Waals surface area (Å²) >= 11 is 0. The smallest absolute Gasteiger partial charge is 0.343 e. The largest absolute Gasteiger partial charge is 0.354 e. The third-order valence-corrected chi connectivity index (χ3v) is 3.57. The van der Waals surface area contributed by atoms with Crippen molar-refractivity contribution < 1.29 is 0 Å². The van der Waals surface area contributed by atoms with Crippen molar-refractivity contribution in [2.45, 2.75) is 26.3 Å². The van der Waals surface area contributed by atoms with E-state index in [-0.39, 0.29) is 11.7 Å². The van der Waals surface area contributed by atoms with E-state index in [1.54, 1.807) is 4.57 Å². The van der Waals surface area contributed by atoms with E-state index in [0.717, 1.165) is 28.8 Å². The molecule has 1 aliphatic carbocycles. The summed E-state index contributed by atoms with van der Waals surface area (Å²) in [7, 11) is 0. The second kappa shape index (κ2) is 5.18. The van der Waals surface area contributed by atoms with E-state index in [4.69, 9.17) is 5.73 Å². The van der Waals surface area contributed by atoms with Crippen LogP contribution < -0.4 is 11.4 Å². The zero-order valence-corrected chi connectivity index (χ0v) is 12.1. The van der Waals surface area contributed by atoms with Gasteiger partial charge in [0.05, 0.1) is 0 Å². The summed E-state index contributed by atoms with van der Waals surface area (Å²) < 4.78 is 1.57. The summed E-state index contributed by atoms with van der Waals surface area (Å²) in [6.07, 6.45) is 10.5. The number of aromatic amines is 1. The van der Waals surface area contributed by atoms with E-state index in [2.05, 4.69) is 16.0 Å². The Morgan fingerprint density at radius 3 is 2.95 bits per heavy atom. The molecule has 3 N–H and O–H groups in total. The van der Waals surface area contributed by atoms with Gasteiger partial charge < -0.3 is 10.7 Å². The highest BCUT2D eigenvalue weighted by atomic mass is 16.1. The van der Waals surface area contributed by atoms with Gasteiger partial charge in [0.2, 0.25) is 0 Å². The monoisotopic (exact) mass is 282 g/mol. The van der Waals surface area contributed by atoms with Crippen molar-refractivity contribution in [3.05, 3.63) is 58.3 Å². The molecular formula is C16H18N4O. The van der Waals surface area contributed by atoms with Crippen LogP contribution in [0.3, 0.4) is 0 Å². The molecule has 0 saturated heterocycles. The zero-order chi connectivity index (χ0) is 15.0. The molecule has 0 radical (unpaired) electrons. The second-order valence-electron chi connectivity index (χ2n) is 5.34. The molecule has 0 fully saturated rings. The molecule has 21 heavy (non-hydrogen) atoms. The van der Waals surface area contributed by atoms with Gasteiger partial charge in [-0.1, -0.05) is 18.2 Å². The van der Waals surface area contributed by atoms with Gasteiger partial charge in [0.15, 0.2) is 0 Å². The predicted octanol–water partition coefficient (Wildman–Crippen LogP) is 2.11. The second-order valence-corrected chi connectivity index (χ2v) is 5.34. The van der Waals surface area contributed by atoms with Crippen molar-refractivity contribution in [3.8, 4) is 0 Å². The van der Waals surface area contributed by atoms with E-state index >= 15 is 0 Å². The quantitative estimate of drug-likeness (QED) is 0.885. The van der Waals surface area contributed by atoms with Crippen LogP contribution in [0.15, 0.2) is 46.9 Å². The van der Waals surface area contributed by atoms with Crippen molar-refractivity contribution >= 4 is 16.7 Å². The molecule has 2 aromatic rings. The van der Waals surface area contributed by atoms with Gasteiger partial charge >= 0.3 is 5.69 Å². The highest BCUT2D eigenvalue weighted by molar-refractivity contribution is 5.76. The molecule has 5 heteroatoms. The van der Waals surface area contributed by atoms with Gasteiger partial charge in [-0.2, -0.15) is 4.98 Å². The van der Waals surface area contributed by atoms with Crippen LogP contribution in [0, 0.1) is 6.92 Å². The molecule has 0 bridgehead atoms. The lowest BCUT2D eigenvalue weighted by Crippen LogP contribution is -2.21. The average molecular weight is 282 g/mol. The fourth-order valence-electron chi connectivity index (χ4n) is 2.47. The van der Waals surface area contributed by atoms with E-state index in [1.165, 1.54) is 0 Å². The lowest BCUT2D eigenvalue weighted by molar-refractivity contribution is 0.880. The van der Waals surface area contributed by atoms with Gasteiger partial charge in [0.25, 0.3) is 0 Å². The van der Waals surface area contributed by atoms with Crippen molar-refractivity contribution in [2.24, 2.45) is 5.73 Å². The van der Waals surface area contributed by atoms with Gasteiger partial charge in [0, 0.05) is 29.0 Å². The van der Waals surface area contributed by atoms with Gasteiger partial charge in [-0.05, 0) is 38.0 Å². The average Bonchev–Trinajstić information content (AvgIpc) is 2.63. The number of fused-ring (bicyclic) bond motifs is 1. The molecule has 0 spiro atoms. The number of nitrogens with zero attached hydrogens (tertiary/aromatic N) is 2. The molecule has 2 aromatic heterocycles. The maximum atomic E-state index is 12.2. The number of hydrogen-bond donors (Lipinski definition) is 2. The van der Waals surface area contributed by atoms with E-state index < -0.39 is 0 Å². The number of rotatable bonds is 2. The minimum absolute atomic E-state index is 0.0151. The lowest BCUT2D eigenvalue weighted by Gasteiger charge is -2.06. The first-order valence-corrected chi connectivity index (χ1v) is 6.98. The fraction of sp³-hybridized carbons (Fsp3) is 0.250. The van der Waals surface area contributed by atoms with Crippen LogP contribution in [0.25, 0.3) is 16.7 Å². The predicted molar refractivity (Wildman–Crippen MR) is 84.9 cm³/mol. The van der Waals surface area contributed by atoms with Crippen molar-refractivity contribution in [1.82, 2.24) is 14.5 Å². The summed E-state index contributed by atoms with van der Waals surface area (Å²) in [5, 5.41) is 0.922. The summed E-state index contributed by atoms with van der Waals surface area (Å²) in [5.41, 5.74) is 9.12. The molecule has 0 aromatic carbocycles. The number of allylic oxidation sites excluding steroid dienone is 4. The van der Waals surface area contributed by atoms with Gasteiger partial charge in [-0.25, -0.2) is 4.79 Å². The van der Waals surface area contributed by atoms with Crippen LogP contribution in [0.5, 0.6) is 0 Å². The highest BCUT2D eigenvalue weighted by Crippen LogP contribution is 2.17. The third kappa shape index (κ3) is 2.60. The Hall–Kier alpha value is -2.40. The van der Waals surface area contributed by atoms with Crippen molar-refractivity contribution in [2.75, 3.05) is 0 Å². The Labute approximate surface area is 122 Å². The molecule has 1 atom stereocenters. The Morgan fingerprint density at radius 2 is 2.19 bits per heavy atom. The van der Waals surface area contributed by atoms with Crippen LogP contribution in [-0.2, 0) is 0 Å². The summed E-state index contributed by atoms with van der Waals surface area (Å²) in [6.45, 7) is 3.89. The van der Waals surface area contributed by atoms with Gasteiger partial charge in [-0.15, -0.1) is 0 Å². The molecule has 0 amide bonds. The minimum atomic E-state index is -0.288. The number of H-pyrrole nitrogens is 1. The standard InChI is InChI=1S/C16H18N4O/c1-10-8-13-9-20(16(21)19-15(13)18-10)14-5-3-4-12(6-7-14)11(2)17/h4-9,11H,3,17H2,1-2H3,(H,18,19,21). The van der Waals surface area contributed by atoms with E-state index in [9.17, 15) is 4.79 Å². The Kier molecular flexibility index (Phi) is 3.35. The fourth-order valence-corrected chi connectivity index (χ4v) is 2.47. The Balaban J connectivity index is 2.05. The van der Waals surface area contributed by atoms with Crippen molar-refractivity contribution in [1.29, 1.82) is 0 Å². The number of hydrogen-bond acceptors (Lipinski definition) is 3. The summed E-state index contributed by atoms with van der Waals surface area (Å²) in [5.74, 6) is 0. The number of aromatic nitrogens is 3. The maximum Gasteiger partial charge on any atom is 0.354 e. The number of nitrogens with one attached hydrogen (secondary N) is 1. The molecule has 5 nitrogen and oxygen atoms in total.